The lowest BCUT2D eigenvalue weighted by atomic mass is 10.2. The first-order valence-corrected chi connectivity index (χ1v) is 10.5. The number of hydrogen-bond acceptors (Lipinski definition) is 5. The Morgan fingerprint density at radius 2 is 1.69 bits per heavy atom. The molecule has 0 unspecified atom stereocenters. The van der Waals surface area contributed by atoms with Crippen molar-refractivity contribution in [2.24, 2.45) is 10.7 Å². The van der Waals surface area contributed by atoms with Gasteiger partial charge in [0.1, 0.15) is 0 Å². The Balaban J connectivity index is 0.00000300. The van der Waals surface area contributed by atoms with Gasteiger partial charge < -0.3 is 25.4 Å². The van der Waals surface area contributed by atoms with E-state index in [0.29, 0.717) is 30.5 Å². The van der Waals surface area contributed by atoms with Crippen LogP contribution in [-0.2, 0) is 13.1 Å². The minimum Gasteiger partial charge on any atom is -0.493 e. The largest absolute Gasteiger partial charge is 0.493 e. The third kappa shape index (κ3) is 6.88. The number of methoxy groups -OCH3 is 2. The van der Waals surface area contributed by atoms with Crippen molar-refractivity contribution in [3.63, 3.8) is 0 Å². The molecular weight excluding hydrogens is 499 g/mol. The summed E-state index contributed by atoms with van der Waals surface area (Å²) in [6.45, 7) is 3.37. The molecule has 0 aliphatic carbocycles. The quantitative estimate of drug-likeness (QED) is 0.326. The summed E-state index contributed by atoms with van der Waals surface area (Å²) in [5, 5.41) is 3.17. The first-order valence-electron chi connectivity index (χ1n) is 9.36. The molecule has 1 fully saturated rings. The zero-order chi connectivity index (χ0) is 19.8. The molecule has 1 aliphatic rings. The summed E-state index contributed by atoms with van der Waals surface area (Å²) in [6, 6.07) is 14.4. The van der Waals surface area contributed by atoms with Gasteiger partial charge in [-0.3, -0.25) is 0 Å². The molecule has 0 aromatic heterocycles. The van der Waals surface area contributed by atoms with Gasteiger partial charge >= 0.3 is 0 Å². The van der Waals surface area contributed by atoms with Crippen LogP contribution in [0.1, 0.15) is 11.1 Å². The predicted molar refractivity (Wildman–Crippen MR) is 133 cm³/mol. The Morgan fingerprint density at radius 1 is 1.03 bits per heavy atom. The molecule has 6 nitrogen and oxygen atoms in total. The zero-order valence-electron chi connectivity index (χ0n) is 16.9. The summed E-state index contributed by atoms with van der Waals surface area (Å²) in [5.41, 5.74) is 9.49. The van der Waals surface area contributed by atoms with Crippen LogP contribution in [0.5, 0.6) is 11.5 Å². The highest BCUT2D eigenvalue weighted by atomic mass is 127. The van der Waals surface area contributed by atoms with Gasteiger partial charge in [-0.15, -0.1) is 24.0 Å². The fraction of sp³-hybridized carbons (Fsp3) is 0.381. The normalized spacial score (nSPS) is 14.1. The lowest BCUT2D eigenvalue weighted by Crippen LogP contribution is -2.32. The number of hydrogen-bond donors (Lipinski definition) is 2. The molecule has 1 saturated heterocycles. The van der Waals surface area contributed by atoms with Crippen molar-refractivity contribution in [1.82, 2.24) is 5.32 Å². The maximum Gasteiger partial charge on any atom is 0.189 e. The number of anilines is 1. The Morgan fingerprint density at radius 3 is 2.34 bits per heavy atom. The van der Waals surface area contributed by atoms with E-state index in [1.54, 1.807) is 14.2 Å². The van der Waals surface area contributed by atoms with Gasteiger partial charge in [-0.25, -0.2) is 4.99 Å². The van der Waals surface area contributed by atoms with E-state index in [0.717, 1.165) is 18.7 Å². The molecule has 0 bridgehead atoms. The van der Waals surface area contributed by atoms with Crippen molar-refractivity contribution in [3.8, 4) is 11.5 Å². The number of guanidine groups is 1. The van der Waals surface area contributed by atoms with Crippen LogP contribution in [0.2, 0.25) is 0 Å². The van der Waals surface area contributed by atoms with E-state index in [2.05, 4.69) is 39.5 Å². The second-order valence-corrected chi connectivity index (χ2v) is 7.73. The average molecular weight is 528 g/mol. The SMILES string of the molecule is COc1ccc(CN=C(N)NCc2ccc(N3CCSCC3)cc2)cc1OC.I. The van der Waals surface area contributed by atoms with Gasteiger partial charge in [0.25, 0.3) is 0 Å². The number of halogens is 1. The molecule has 0 spiro atoms. The lowest BCUT2D eigenvalue weighted by molar-refractivity contribution is 0.354. The van der Waals surface area contributed by atoms with Crippen LogP contribution in [-0.4, -0.2) is 44.8 Å². The summed E-state index contributed by atoms with van der Waals surface area (Å²) in [7, 11) is 3.24. The van der Waals surface area contributed by atoms with Gasteiger partial charge in [0.2, 0.25) is 0 Å². The van der Waals surface area contributed by atoms with E-state index in [9.17, 15) is 0 Å². The summed E-state index contributed by atoms with van der Waals surface area (Å²) < 4.78 is 10.6. The second kappa shape index (κ2) is 12.0. The first kappa shape index (κ1) is 23.5. The molecule has 1 heterocycles. The van der Waals surface area contributed by atoms with Crippen LogP contribution in [0, 0.1) is 0 Å². The number of ether oxygens (including phenoxy) is 2. The molecule has 3 rings (SSSR count). The van der Waals surface area contributed by atoms with Crippen LogP contribution in [0.4, 0.5) is 5.69 Å². The van der Waals surface area contributed by atoms with Crippen LogP contribution >= 0.6 is 35.7 Å². The maximum absolute atomic E-state index is 6.02. The van der Waals surface area contributed by atoms with Crippen molar-refractivity contribution in [1.29, 1.82) is 0 Å². The lowest BCUT2D eigenvalue weighted by Gasteiger charge is -2.28. The number of nitrogens with two attached hydrogens (primary N) is 1. The summed E-state index contributed by atoms with van der Waals surface area (Å²) in [5.74, 6) is 4.22. The molecule has 0 atom stereocenters. The fourth-order valence-electron chi connectivity index (χ4n) is 3.05. The highest BCUT2D eigenvalue weighted by Gasteiger charge is 2.10. The van der Waals surface area contributed by atoms with Gasteiger partial charge in [0.05, 0.1) is 20.8 Å². The number of aliphatic imine (C=N–C) groups is 1. The molecule has 1 aliphatic heterocycles. The van der Waals surface area contributed by atoms with E-state index >= 15 is 0 Å². The average Bonchev–Trinajstić information content (AvgIpc) is 2.77. The molecule has 2 aromatic carbocycles. The molecule has 8 heteroatoms. The number of thioether (sulfide) groups is 1. The Kier molecular flexibility index (Phi) is 9.72. The Hall–Kier alpha value is -1.81. The Labute approximate surface area is 194 Å². The maximum atomic E-state index is 6.02. The number of nitrogens with zero attached hydrogens (tertiary/aromatic N) is 2. The summed E-state index contributed by atoms with van der Waals surface area (Å²) in [6.07, 6.45) is 0. The topological polar surface area (TPSA) is 72.1 Å². The third-order valence-electron chi connectivity index (χ3n) is 4.67. The highest BCUT2D eigenvalue weighted by Crippen LogP contribution is 2.27. The van der Waals surface area contributed by atoms with Gasteiger partial charge in [0, 0.05) is 36.8 Å². The van der Waals surface area contributed by atoms with E-state index in [4.69, 9.17) is 15.2 Å². The van der Waals surface area contributed by atoms with Gasteiger partial charge in [-0.1, -0.05) is 18.2 Å². The summed E-state index contributed by atoms with van der Waals surface area (Å²) in [4.78, 5) is 6.84. The Bertz CT molecular complexity index is 796. The minimum atomic E-state index is 0. The number of rotatable bonds is 7. The van der Waals surface area contributed by atoms with Crippen molar-refractivity contribution >= 4 is 47.4 Å². The second-order valence-electron chi connectivity index (χ2n) is 6.51. The molecule has 0 amide bonds. The van der Waals surface area contributed by atoms with Gasteiger partial charge in [0.15, 0.2) is 17.5 Å². The monoisotopic (exact) mass is 528 g/mol. The van der Waals surface area contributed by atoms with E-state index in [1.807, 2.05) is 30.0 Å². The van der Waals surface area contributed by atoms with Crippen molar-refractivity contribution in [3.05, 3.63) is 53.6 Å². The van der Waals surface area contributed by atoms with E-state index in [1.165, 1.54) is 22.8 Å². The fourth-order valence-corrected chi connectivity index (χ4v) is 3.95. The molecule has 2 aromatic rings. The molecule has 158 valence electrons. The number of nitrogens with one attached hydrogen (secondary N) is 1. The highest BCUT2D eigenvalue weighted by molar-refractivity contribution is 14.0. The molecule has 3 N–H and O–H groups in total. The van der Waals surface area contributed by atoms with Crippen LogP contribution in [0.15, 0.2) is 47.5 Å². The van der Waals surface area contributed by atoms with Crippen molar-refractivity contribution in [2.75, 3.05) is 43.7 Å². The number of benzene rings is 2. The summed E-state index contributed by atoms with van der Waals surface area (Å²) >= 11 is 2.02. The minimum absolute atomic E-state index is 0. The standard InChI is InChI=1S/C21H28N4O2S.HI/c1-26-19-8-5-17(13-20(19)27-2)15-24-21(22)23-14-16-3-6-18(7-4-16)25-9-11-28-12-10-25;/h3-8,13H,9-12,14-15H2,1-2H3,(H3,22,23,24);1H. The van der Waals surface area contributed by atoms with E-state index < -0.39 is 0 Å². The van der Waals surface area contributed by atoms with Crippen LogP contribution in [0.25, 0.3) is 0 Å². The van der Waals surface area contributed by atoms with E-state index in [-0.39, 0.29) is 24.0 Å². The van der Waals surface area contributed by atoms with Crippen molar-refractivity contribution in [2.45, 2.75) is 13.1 Å². The van der Waals surface area contributed by atoms with Gasteiger partial charge in [-0.05, 0) is 35.4 Å². The van der Waals surface area contributed by atoms with Gasteiger partial charge in [-0.2, -0.15) is 11.8 Å². The van der Waals surface area contributed by atoms with Crippen molar-refractivity contribution < 1.29 is 9.47 Å². The molecule has 0 saturated carbocycles. The van der Waals surface area contributed by atoms with Crippen LogP contribution < -0.4 is 25.4 Å². The zero-order valence-corrected chi connectivity index (χ0v) is 20.0. The smallest absolute Gasteiger partial charge is 0.189 e. The first-order chi connectivity index (χ1) is 13.7. The molecule has 0 radical (unpaired) electrons. The third-order valence-corrected chi connectivity index (χ3v) is 5.61. The predicted octanol–water partition coefficient (Wildman–Crippen LogP) is 3.48. The van der Waals surface area contributed by atoms with Crippen LogP contribution in [0.3, 0.4) is 0 Å². The molecule has 29 heavy (non-hydrogen) atoms. The molecular formula is C21H29IN4O2S.